The van der Waals surface area contributed by atoms with E-state index >= 15 is 0 Å². The third-order valence-corrected chi connectivity index (χ3v) is 7.82. The largest absolute Gasteiger partial charge is 0.489 e. The summed E-state index contributed by atoms with van der Waals surface area (Å²) in [7, 11) is 0. The smallest absolute Gasteiger partial charge is 0.339 e. The van der Waals surface area contributed by atoms with Crippen molar-refractivity contribution < 1.29 is 13.9 Å². The number of hydrogen-bond donors (Lipinski definition) is 0. The fraction of sp³-hybridized carbons (Fsp3) is 0.345. The molecule has 1 fully saturated rings. The quantitative estimate of drug-likeness (QED) is 0.246. The number of anilines is 1. The number of aryl methyl sites for hydroxylation is 2. The molecule has 0 unspecified atom stereocenters. The molecule has 0 atom stereocenters. The Labute approximate surface area is 220 Å². The summed E-state index contributed by atoms with van der Waals surface area (Å²) in [4.78, 5) is 30.1. The predicted molar refractivity (Wildman–Crippen MR) is 149 cm³/mol. The molecule has 0 aliphatic carbocycles. The predicted octanol–water partition coefficient (Wildman–Crippen LogP) is 5.26. The zero-order valence-corrected chi connectivity index (χ0v) is 22.3. The molecule has 1 saturated heterocycles. The highest BCUT2D eigenvalue weighted by Gasteiger charge is 2.24. The number of rotatable bonds is 7. The maximum absolute atomic E-state index is 13.0. The van der Waals surface area contributed by atoms with E-state index in [1.807, 2.05) is 49.9 Å². The fourth-order valence-corrected chi connectivity index (χ4v) is 5.67. The molecule has 192 valence electrons. The molecular formula is C29H31N3O4S. The Morgan fingerprint density at radius 3 is 2.59 bits per heavy atom. The first-order valence-electron chi connectivity index (χ1n) is 12.5. The van der Waals surface area contributed by atoms with Crippen molar-refractivity contribution in [2.45, 2.75) is 33.6 Å². The van der Waals surface area contributed by atoms with Crippen LogP contribution in [-0.2, 0) is 11.2 Å². The molecule has 2 aromatic heterocycles. The first-order valence-corrected chi connectivity index (χ1v) is 13.3. The van der Waals surface area contributed by atoms with Gasteiger partial charge in [-0.25, -0.2) is 4.79 Å². The van der Waals surface area contributed by atoms with Gasteiger partial charge in [0.1, 0.15) is 23.8 Å². The molecule has 8 heteroatoms. The summed E-state index contributed by atoms with van der Waals surface area (Å²) in [5.74, 6) is 1.73. The van der Waals surface area contributed by atoms with Gasteiger partial charge in [-0.2, -0.15) is 4.37 Å². The van der Waals surface area contributed by atoms with Crippen molar-refractivity contribution in [3.05, 3.63) is 75.7 Å². The molecule has 0 spiro atoms. The third kappa shape index (κ3) is 4.98. The van der Waals surface area contributed by atoms with Crippen LogP contribution in [0.1, 0.15) is 30.0 Å². The average molecular weight is 518 g/mol. The Balaban J connectivity index is 1.25. The summed E-state index contributed by atoms with van der Waals surface area (Å²) in [6.45, 7) is 12.7. The third-order valence-electron chi connectivity index (χ3n) is 7.01. The van der Waals surface area contributed by atoms with Crippen LogP contribution >= 0.6 is 11.5 Å². The minimum absolute atomic E-state index is 0.0569. The lowest BCUT2D eigenvalue weighted by molar-refractivity contribution is -0.131. The van der Waals surface area contributed by atoms with Crippen LogP contribution in [0.4, 0.5) is 5.82 Å². The van der Waals surface area contributed by atoms with E-state index in [2.05, 4.69) is 28.0 Å². The Bertz CT molecular complexity index is 1550. The molecule has 1 amide bonds. The number of carbonyl (C=O) groups excluding carboxylic acids is 1. The zero-order chi connectivity index (χ0) is 26.1. The molecule has 0 N–H and O–H groups in total. The van der Waals surface area contributed by atoms with Crippen molar-refractivity contribution in [3.63, 3.8) is 0 Å². The SMILES string of the molecule is C=C(C)COc1ccc2c(C)c(CCC(=O)N3CCN(c4nsc5ccccc45)CC3)c(=O)oc2c1C. The lowest BCUT2D eigenvalue weighted by Crippen LogP contribution is -2.49. The number of aromatic nitrogens is 1. The van der Waals surface area contributed by atoms with E-state index in [9.17, 15) is 9.59 Å². The van der Waals surface area contributed by atoms with Gasteiger partial charge in [-0.05, 0) is 74.1 Å². The number of nitrogens with zero attached hydrogens (tertiary/aromatic N) is 3. The van der Waals surface area contributed by atoms with E-state index in [4.69, 9.17) is 9.15 Å². The average Bonchev–Trinajstić information content (AvgIpc) is 3.33. The van der Waals surface area contributed by atoms with Gasteiger partial charge < -0.3 is 19.0 Å². The van der Waals surface area contributed by atoms with Crippen molar-refractivity contribution >= 4 is 44.3 Å². The van der Waals surface area contributed by atoms with Gasteiger partial charge in [-0.1, -0.05) is 18.7 Å². The van der Waals surface area contributed by atoms with E-state index in [0.29, 0.717) is 43.0 Å². The second-order valence-corrected chi connectivity index (χ2v) is 10.5. The minimum Gasteiger partial charge on any atom is -0.489 e. The molecule has 0 bridgehead atoms. The topological polar surface area (TPSA) is 75.9 Å². The van der Waals surface area contributed by atoms with Gasteiger partial charge in [0, 0.05) is 54.5 Å². The maximum atomic E-state index is 13.0. The Kier molecular flexibility index (Phi) is 7.02. The van der Waals surface area contributed by atoms with E-state index in [0.717, 1.165) is 46.4 Å². The van der Waals surface area contributed by atoms with Crippen molar-refractivity contribution in [3.8, 4) is 5.75 Å². The molecule has 3 heterocycles. The molecule has 1 aliphatic heterocycles. The van der Waals surface area contributed by atoms with Gasteiger partial charge in [0.2, 0.25) is 5.91 Å². The number of piperazine rings is 1. The molecule has 0 radical (unpaired) electrons. The molecule has 4 aromatic rings. The highest BCUT2D eigenvalue weighted by molar-refractivity contribution is 7.13. The normalized spacial score (nSPS) is 13.9. The van der Waals surface area contributed by atoms with Crippen molar-refractivity contribution in [2.75, 3.05) is 37.7 Å². The summed E-state index contributed by atoms with van der Waals surface area (Å²) >= 11 is 1.51. The van der Waals surface area contributed by atoms with Crippen LogP contribution in [0.2, 0.25) is 0 Å². The summed E-state index contributed by atoms with van der Waals surface area (Å²) in [6, 6.07) is 12.1. The molecule has 1 aliphatic rings. The number of carbonyl (C=O) groups is 1. The monoisotopic (exact) mass is 517 g/mol. The summed E-state index contributed by atoms with van der Waals surface area (Å²) in [5, 5.41) is 2.03. The van der Waals surface area contributed by atoms with Crippen LogP contribution in [0.5, 0.6) is 5.75 Å². The van der Waals surface area contributed by atoms with Gasteiger partial charge in [-0.3, -0.25) is 4.79 Å². The van der Waals surface area contributed by atoms with Gasteiger partial charge >= 0.3 is 5.63 Å². The van der Waals surface area contributed by atoms with E-state index < -0.39 is 5.63 Å². The number of amides is 1. The summed E-state index contributed by atoms with van der Waals surface area (Å²) in [6.07, 6.45) is 0.627. The highest BCUT2D eigenvalue weighted by atomic mass is 32.1. The van der Waals surface area contributed by atoms with Gasteiger partial charge in [-0.15, -0.1) is 0 Å². The van der Waals surface area contributed by atoms with Crippen LogP contribution in [0.15, 0.2) is 57.8 Å². The Morgan fingerprint density at radius 1 is 1.08 bits per heavy atom. The van der Waals surface area contributed by atoms with Crippen LogP contribution in [-0.4, -0.2) is 48.0 Å². The maximum Gasteiger partial charge on any atom is 0.339 e. The first kappa shape index (κ1) is 25.0. The molecule has 0 saturated carbocycles. The molecule has 7 nitrogen and oxygen atoms in total. The summed E-state index contributed by atoms with van der Waals surface area (Å²) < 4.78 is 17.3. The highest BCUT2D eigenvalue weighted by Crippen LogP contribution is 2.31. The summed E-state index contributed by atoms with van der Waals surface area (Å²) in [5.41, 5.74) is 3.25. The Hall–Kier alpha value is -3.65. The van der Waals surface area contributed by atoms with Crippen molar-refractivity contribution in [1.29, 1.82) is 0 Å². The fourth-order valence-electron chi connectivity index (χ4n) is 4.88. The zero-order valence-electron chi connectivity index (χ0n) is 21.5. The Morgan fingerprint density at radius 2 is 1.84 bits per heavy atom. The van der Waals surface area contributed by atoms with Crippen molar-refractivity contribution in [2.24, 2.45) is 0 Å². The lowest BCUT2D eigenvalue weighted by Gasteiger charge is -2.35. The minimum atomic E-state index is -0.391. The first-order chi connectivity index (χ1) is 17.8. The van der Waals surface area contributed by atoms with Crippen LogP contribution in [0.25, 0.3) is 21.1 Å². The number of ether oxygens (including phenoxy) is 1. The molecule has 5 rings (SSSR count). The van der Waals surface area contributed by atoms with E-state index in [1.54, 1.807) is 0 Å². The standard InChI is InChI=1S/C29H31N3O4S/c1-18(2)17-35-24-11-9-21-19(3)22(29(34)36-27(21)20(24)4)10-12-26(33)31-13-15-32(16-14-31)28-23-7-5-6-8-25(23)37-30-28/h5-9,11H,1,10,12-17H2,2-4H3. The van der Waals surface area contributed by atoms with Crippen LogP contribution in [0, 0.1) is 13.8 Å². The van der Waals surface area contributed by atoms with E-state index in [-0.39, 0.29) is 12.3 Å². The van der Waals surface area contributed by atoms with Gasteiger partial charge in [0.15, 0.2) is 0 Å². The number of hydrogen-bond acceptors (Lipinski definition) is 7. The van der Waals surface area contributed by atoms with Crippen LogP contribution < -0.4 is 15.3 Å². The molecule has 2 aromatic carbocycles. The van der Waals surface area contributed by atoms with Crippen LogP contribution in [0.3, 0.4) is 0 Å². The van der Waals surface area contributed by atoms with Gasteiger partial charge in [0.05, 0.1) is 4.70 Å². The lowest BCUT2D eigenvalue weighted by atomic mass is 10.00. The second kappa shape index (κ2) is 10.4. The number of benzene rings is 2. The second-order valence-electron chi connectivity index (χ2n) is 9.67. The van der Waals surface area contributed by atoms with Gasteiger partial charge in [0.25, 0.3) is 0 Å². The van der Waals surface area contributed by atoms with Crippen molar-refractivity contribution in [1.82, 2.24) is 9.27 Å². The molecule has 37 heavy (non-hydrogen) atoms. The molecular weight excluding hydrogens is 486 g/mol. The number of fused-ring (bicyclic) bond motifs is 2. The van der Waals surface area contributed by atoms with E-state index in [1.165, 1.54) is 16.2 Å².